The van der Waals surface area contributed by atoms with Crippen molar-refractivity contribution in [2.75, 3.05) is 39.8 Å². The molecule has 1 aromatic rings. The van der Waals surface area contributed by atoms with Crippen LogP contribution in [0.5, 0.6) is 0 Å². The topological polar surface area (TPSA) is 43.9 Å². The van der Waals surface area contributed by atoms with Crippen molar-refractivity contribution in [3.63, 3.8) is 0 Å². The van der Waals surface area contributed by atoms with Crippen LogP contribution in [0.25, 0.3) is 0 Å². The van der Waals surface area contributed by atoms with Crippen LogP contribution in [0.2, 0.25) is 5.02 Å². The number of piperazine rings is 1. The molecule has 6 heteroatoms. The first-order valence-corrected chi connectivity index (χ1v) is 9.48. The Morgan fingerprint density at radius 1 is 1.23 bits per heavy atom. The average Bonchev–Trinajstić information content (AvgIpc) is 2.79. The minimum absolute atomic E-state index is 0.0349. The minimum atomic E-state index is -0.147. The Labute approximate surface area is 160 Å². The van der Waals surface area contributed by atoms with E-state index in [1.165, 1.54) is 0 Å². The molecule has 2 saturated heterocycles. The van der Waals surface area contributed by atoms with Gasteiger partial charge in [0.2, 0.25) is 5.91 Å². The zero-order chi connectivity index (χ0) is 18.7. The van der Waals surface area contributed by atoms with Crippen molar-refractivity contribution < 1.29 is 9.59 Å². The molecule has 0 aliphatic carbocycles. The van der Waals surface area contributed by atoms with E-state index in [1.54, 1.807) is 30.3 Å². The number of nitrogens with zero attached hydrogens (tertiary/aromatic N) is 3. The number of carbonyl (C=O) groups excluding carboxylic acids is 2. The standard InChI is InChI=1S/C20H26ClN3O2/c1-3-11-23-12-10-20(9-8-18(23)25)15-24(14-13-22(20)2)19(26)16-4-6-17(21)7-5-16/h3-7H,1,8-15H2,2H3. The molecule has 5 nitrogen and oxygen atoms in total. The van der Waals surface area contributed by atoms with E-state index in [0.29, 0.717) is 43.2 Å². The highest BCUT2D eigenvalue weighted by Gasteiger charge is 2.43. The Kier molecular flexibility index (Phi) is 5.68. The first kappa shape index (κ1) is 18.9. The molecule has 0 saturated carbocycles. The van der Waals surface area contributed by atoms with E-state index in [2.05, 4.69) is 18.5 Å². The molecule has 1 spiro atoms. The summed E-state index contributed by atoms with van der Waals surface area (Å²) in [4.78, 5) is 31.4. The predicted octanol–water partition coefficient (Wildman–Crippen LogP) is 2.66. The van der Waals surface area contributed by atoms with Gasteiger partial charge in [-0.3, -0.25) is 14.5 Å². The van der Waals surface area contributed by atoms with Crippen molar-refractivity contribution in [1.29, 1.82) is 0 Å². The van der Waals surface area contributed by atoms with E-state index < -0.39 is 0 Å². The Bertz CT molecular complexity index is 691. The van der Waals surface area contributed by atoms with Crippen molar-refractivity contribution in [1.82, 2.24) is 14.7 Å². The molecule has 1 atom stereocenters. The first-order chi connectivity index (χ1) is 12.4. The Morgan fingerprint density at radius 2 is 1.96 bits per heavy atom. The highest BCUT2D eigenvalue weighted by molar-refractivity contribution is 6.30. The number of rotatable bonds is 3. The summed E-state index contributed by atoms with van der Waals surface area (Å²) in [6.07, 6.45) is 3.94. The van der Waals surface area contributed by atoms with E-state index >= 15 is 0 Å². The second-order valence-corrected chi connectivity index (χ2v) is 7.69. The van der Waals surface area contributed by atoms with E-state index in [0.717, 1.165) is 19.4 Å². The van der Waals surface area contributed by atoms with Crippen molar-refractivity contribution in [3.8, 4) is 0 Å². The summed E-state index contributed by atoms with van der Waals surface area (Å²) in [5.41, 5.74) is 0.512. The lowest BCUT2D eigenvalue weighted by molar-refractivity contribution is -0.130. The van der Waals surface area contributed by atoms with Crippen LogP contribution in [-0.2, 0) is 4.79 Å². The van der Waals surface area contributed by atoms with Gasteiger partial charge in [-0.15, -0.1) is 6.58 Å². The lowest BCUT2D eigenvalue weighted by atomic mass is 9.86. The minimum Gasteiger partial charge on any atom is -0.339 e. The van der Waals surface area contributed by atoms with E-state index in [1.807, 2.05) is 9.80 Å². The summed E-state index contributed by atoms with van der Waals surface area (Å²) in [5, 5.41) is 0.626. The molecule has 1 aromatic carbocycles. The van der Waals surface area contributed by atoms with Gasteiger partial charge in [-0.05, 0) is 44.2 Å². The van der Waals surface area contributed by atoms with Gasteiger partial charge in [0.15, 0.2) is 0 Å². The lowest BCUT2D eigenvalue weighted by Crippen LogP contribution is -2.62. The van der Waals surface area contributed by atoms with Crippen LogP contribution in [0.1, 0.15) is 29.6 Å². The number of likely N-dealkylation sites (tertiary alicyclic amines) is 1. The molecule has 0 bridgehead atoms. The van der Waals surface area contributed by atoms with Crippen molar-refractivity contribution in [2.24, 2.45) is 0 Å². The van der Waals surface area contributed by atoms with E-state index in [4.69, 9.17) is 11.6 Å². The molecule has 2 heterocycles. The van der Waals surface area contributed by atoms with Crippen LogP contribution in [0.15, 0.2) is 36.9 Å². The predicted molar refractivity (Wildman–Crippen MR) is 103 cm³/mol. The molecule has 0 aromatic heterocycles. The fourth-order valence-electron chi connectivity index (χ4n) is 3.99. The maximum absolute atomic E-state index is 12.9. The lowest BCUT2D eigenvalue weighted by Gasteiger charge is -2.49. The van der Waals surface area contributed by atoms with Crippen molar-refractivity contribution in [3.05, 3.63) is 47.5 Å². The summed E-state index contributed by atoms with van der Waals surface area (Å²) in [6, 6.07) is 7.05. The maximum Gasteiger partial charge on any atom is 0.253 e. The number of likely N-dealkylation sites (N-methyl/N-ethyl adjacent to an activating group) is 1. The molecule has 2 aliphatic heterocycles. The van der Waals surface area contributed by atoms with Crippen LogP contribution in [0.3, 0.4) is 0 Å². The highest BCUT2D eigenvalue weighted by Crippen LogP contribution is 2.32. The van der Waals surface area contributed by atoms with Gasteiger partial charge in [0, 0.05) is 55.3 Å². The van der Waals surface area contributed by atoms with Gasteiger partial charge in [-0.25, -0.2) is 0 Å². The molecular formula is C20H26ClN3O2. The molecule has 3 rings (SSSR count). The third-order valence-corrected chi connectivity index (χ3v) is 5.98. The SMILES string of the molecule is C=CCN1CCC2(CCC1=O)CN(C(=O)c1ccc(Cl)cc1)CCN2C. The molecule has 2 amide bonds. The molecule has 0 radical (unpaired) electrons. The van der Waals surface area contributed by atoms with E-state index in [9.17, 15) is 9.59 Å². The van der Waals surface area contributed by atoms with Gasteiger partial charge in [-0.1, -0.05) is 17.7 Å². The summed E-state index contributed by atoms with van der Waals surface area (Å²) in [7, 11) is 2.11. The number of benzene rings is 1. The molecule has 2 fully saturated rings. The molecule has 26 heavy (non-hydrogen) atoms. The fourth-order valence-corrected chi connectivity index (χ4v) is 4.12. The van der Waals surface area contributed by atoms with Gasteiger partial charge >= 0.3 is 0 Å². The number of hydrogen-bond donors (Lipinski definition) is 0. The number of halogens is 1. The fraction of sp³-hybridized carbons (Fsp3) is 0.500. The van der Waals surface area contributed by atoms with Gasteiger partial charge < -0.3 is 9.80 Å². The number of carbonyl (C=O) groups is 2. The van der Waals surface area contributed by atoms with Crippen LogP contribution in [0, 0.1) is 0 Å². The van der Waals surface area contributed by atoms with E-state index in [-0.39, 0.29) is 17.4 Å². The van der Waals surface area contributed by atoms with Gasteiger partial charge in [-0.2, -0.15) is 0 Å². The number of amides is 2. The van der Waals surface area contributed by atoms with Crippen LogP contribution in [0.4, 0.5) is 0 Å². The first-order valence-electron chi connectivity index (χ1n) is 9.10. The third kappa shape index (κ3) is 3.79. The summed E-state index contributed by atoms with van der Waals surface area (Å²) in [6.45, 7) is 7.21. The average molecular weight is 376 g/mol. The quantitative estimate of drug-likeness (QED) is 0.763. The van der Waals surface area contributed by atoms with Crippen LogP contribution >= 0.6 is 11.6 Å². The number of hydrogen-bond acceptors (Lipinski definition) is 3. The van der Waals surface area contributed by atoms with Gasteiger partial charge in [0.25, 0.3) is 5.91 Å². The van der Waals surface area contributed by atoms with Gasteiger partial charge in [0.05, 0.1) is 0 Å². The largest absolute Gasteiger partial charge is 0.339 e. The monoisotopic (exact) mass is 375 g/mol. The third-order valence-electron chi connectivity index (χ3n) is 5.73. The summed E-state index contributed by atoms with van der Waals surface area (Å²) >= 11 is 5.93. The molecule has 140 valence electrons. The molecule has 2 aliphatic rings. The highest BCUT2D eigenvalue weighted by atomic mass is 35.5. The van der Waals surface area contributed by atoms with Crippen molar-refractivity contribution in [2.45, 2.75) is 24.8 Å². The summed E-state index contributed by atoms with van der Waals surface area (Å²) in [5.74, 6) is 0.212. The Hall–Kier alpha value is -1.85. The summed E-state index contributed by atoms with van der Waals surface area (Å²) < 4.78 is 0. The van der Waals surface area contributed by atoms with Crippen LogP contribution < -0.4 is 0 Å². The molecule has 0 N–H and O–H groups in total. The normalized spacial score (nSPS) is 24.6. The zero-order valence-electron chi connectivity index (χ0n) is 15.3. The molecular weight excluding hydrogens is 350 g/mol. The maximum atomic E-state index is 12.9. The second kappa shape index (κ2) is 7.80. The zero-order valence-corrected chi connectivity index (χ0v) is 16.0. The van der Waals surface area contributed by atoms with Crippen molar-refractivity contribution >= 4 is 23.4 Å². The second-order valence-electron chi connectivity index (χ2n) is 7.26. The van der Waals surface area contributed by atoms with Gasteiger partial charge in [0.1, 0.15) is 0 Å². The smallest absolute Gasteiger partial charge is 0.253 e. The molecule has 1 unspecified atom stereocenters. The Morgan fingerprint density at radius 3 is 2.65 bits per heavy atom. The Balaban J connectivity index is 1.77. The van der Waals surface area contributed by atoms with Crippen LogP contribution in [-0.4, -0.2) is 71.8 Å².